The molecule has 0 saturated heterocycles. The van der Waals surface area contributed by atoms with Crippen LogP contribution < -0.4 is 0 Å². The van der Waals surface area contributed by atoms with Gasteiger partial charge in [-0.15, -0.1) is 5.10 Å². The van der Waals surface area contributed by atoms with Crippen molar-refractivity contribution in [3.63, 3.8) is 0 Å². The standard InChI is InChI=1S/C9H17N3O/c1-3-9(13)6-4-5-8-7-12(2)11-10-8/h7,9,13H,3-6H2,1-2H3. The van der Waals surface area contributed by atoms with Gasteiger partial charge in [0.15, 0.2) is 0 Å². The van der Waals surface area contributed by atoms with Crippen molar-refractivity contribution in [1.29, 1.82) is 0 Å². The van der Waals surface area contributed by atoms with Crippen molar-refractivity contribution in [2.75, 3.05) is 0 Å². The smallest absolute Gasteiger partial charge is 0.0827 e. The molecule has 0 radical (unpaired) electrons. The fourth-order valence-electron chi connectivity index (χ4n) is 1.23. The Morgan fingerprint density at radius 3 is 2.92 bits per heavy atom. The lowest BCUT2D eigenvalue weighted by molar-refractivity contribution is 0.157. The van der Waals surface area contributed by atoms with Crippen molar-refractivity contribution >= 4 is 0 Å². The Hall–Kier alpha value is -0.900. The highest BCUT2D eigenvalue weighted by molar-refractivity contribution is 4.91. The lowest BCUT2D eigenvalue weighted by Crippen LogP contribution is -2.04. The van der Waals surface area contributed by atoms with E-state index in [4.69, 9.17) is 0 Å². The van der Waals surface area contributed by atoms with Crippen LogP contribution in [-0.2, 0) is 13.5 Å². The summed E-state index contributed by atoms with van der Waals surface area (Å²) in [6, 6.07) is 0. The van der Waals surface area contributed by atoms with Crippen molar-refractivity contribution in [1.82, 2.24) is 15.0 Å². The molecule has 4 heteroatoms. The van der Waals surface area contributed by atoms with Gasteiger partial charge in [0, 0.05) is 13.2 Å². The van der Waals surface area contributed by atoms with E-state index in [1.807, 2.05) is 20.2 Å². The molecule has 0 aliphatic heterocycles. The zero-order valence-electron chi connectivity index (χ0n) is 8.27. The summed E-state index contributed by atoms with van der Waals surface area (Å²) < 4.78 is 1.70. The van der Waals surface area contributed by atoms with E-state index in [1.165, 1.54) is 0 Å². The molecular formula is C9H17N3O. The maximum atomic E-state index is 9.30. The van der Waals surface area contributed by atoms with E-state index in [9.17, 15) is 5.11 Å². The molecule has 13 heavy (non-hydrogen) atoms. The minimum atomic E-state index is -0.156. The third-order valence-corrected chi connectivity index (χ3v) is 2.09. The normalized spacial score (nSPS) is 13.2. The first-order valence-corrected chi connectivity index (χ1v) is 4.75. The SMILES string of the molecule is CCC(O)CCCc1cn(C)nn1. The van der Waals surface area contributed by atoms with Gasteiger partial charge in [-0.25, -0.2) is 0 Å². The molecule has 0 aromatic carbocycles. The molecule has 4 nitrogen and oxygen atoms in total. The minimum Gasteiger partial charge on any atom is -0.393 e. The molecule has 1 N–H and O–H groups in total. The van der Waals surface area contributed by atoms with Gasteiger partial charge in [-0.3, -0.25) is 4.68 Å². The largest absolute Gasteiger partial charge is 0.393 e. The van der Waals surface area contributed by atoms with Crippen molar-refractivity contribution in [2.45, 2.75) is 38.7 Å². The van der Waals surface area contributed by atoms with Crippen LogP contribution in [0.2, 0.25) is 0 Å². The van der Waals surface area contributed by atoms with Gasteiger partial charge in [0.2, 0.25) is 0 Å². The maximum absolute atomic E-state index is 9.30. The number of nitrogens with zero attached hydrogens (tertiary/aromatic N) is 3. The molecule has 0 bridgehead atoms. The molecule has 74 valence electrons. The minimum absolute atomic E-state index is 0.156. The van der Waals surface area contributed by atoms with E-state index in [1.54, 1.807) is 4.68 Å². The van der Waals surface area contributed by atoms with Crippen LogP contribution in [0.1, 0.15) is 31.9 Å². The number of aromatic nitrogens is 3. The molecule has 1 aromatic heterocycles. The van der Waals surface area contributed by atoms with Crippen LogP contribution in [0.4, 0.5) is 0 Å². The summed E-state index contributed by atoms with van der Waals surface area (Å²) in [5.74, 6) is 0. The first-order chi connectivity index (χ1) is 6.22. The van der Waals surface area contributed by atoms with Gasteiger partial charge in [0.25, 0.3) is 0 Å². The Bertz CT molecular complexity index is 247. The topological polar surface area (TPSA) is 50.9 Å². The summed E-state index contributed by atoms with van der Waals surface area (Å²) >= 11 is 0. The number of hydrogen-bond donors (Lipinski definition) is 1. The van der Waals surface area contributed by atoms with Crippen molar-refractivity contribution in [3.05, 3.63) is 11.9 Å². The van der Waals surface area contributed by atoms with Gasteiger partial charge >= 0.3 is 0 Å². The highest BCUT2D eigenvalue weighted by Gasteiger charge is 2.02. The van der Waals surface area contributed by atoms with Crippen LogP contribution in [0.15, 0.2) is 6.20 Å². The average molecular weight is 183 g/mol. The third kappa shape index (κ3) is 3.55. The van der Waals surface area contributed by atoms with Crippen LogP contribution in [-0.4, -0.2) is 26.2 Å². The number of aliphatic hydroxyl groups is 1. The summed E-state index contributed by atoms with van der Waals surface area (Å²) in [5.41, 5.74) is 1.01. The van der Waals surface area contributed by atoms with Crippen molar-refractivity contribution < 1.29 is 5.11 Å². The highest BCUT2D eigenvalue weighted by Crippen LogP contribution is 2.05. The molecule has 0 fully saturated rings. The Morgan fingerprint density at radius 2 is 2.38 bits per heavy atom. The predicted octanol–water partition coefficient (Wildman–Crippen LogP) is 0.909. The molecule has 0 aliphatic carbocycles. The molecular weight excluding hydrogens is 166 g/mol. The lowest BCUT2D eigenvalue weighted by Gasteiger charge is -2.04. The number of hydrogen-bond acceptors (Lipinski definition) is 3. The first-order valence-electron chi connectivity index (χ1n) is 4.75. The van der Waals surface area contributed by atoms with Gasteiger partial charge in [0.1, 0.15) is 0 Å². The summed E-state index contributed by atoms with van der Waals surface area (Å²) in [6.45, 7) is 1.99. The summed E-state index contributed by atoms with van der Waals surface area (Å²) in [4.78, 5) is 0. The van der Waals surface area contributed by atoms with E-state index >= 15 is 0 Å². The highest BCUT2D eigenvalue weighted by atomic mass is 16.3. The zero-order valence-corrected chi connectivity index (χ0v) is 8.27. The Morgan fingerprint density at radius 1 is 1.62 bits per heavy atom. The zero-order chi connectivity index (χ0) is 9.68. The van der Waals surface area contributed by atoms with Gasteiger partial charge in [-0.1, -0.05) is 12.1 Å². The van der Waals surface area contributed by atoms with Gasteiger partial charge in [-0.2, -0.15) is 0 Å². The second-order valence-electron chi connectivity index (χ2n) is 3.34. The second kappa shape index (κ2) is 4.97. The van der Waals surface area contributed by atoms with E-state index in [2.05, 4.69) is 10.3 Å². The average Bonchev–Trinajstić information content (AvgIpc) is 2.51. The molecule has 0 amide bonds. The van der Waals surface area contributed by atoms with E-state index in [-0.39, 0.29) is 6.10 Å². The number of aryl methyl sites for hydroxylation is 2. The van der Waals surface area contributed by atoms with Crippen LogP contribution in [0, 0.1) is 0 Å². The molecule has 1 unspecified atom stereocenters. The van der Waals surface area contributed by atoms with Crippen LogP contribution in [0.25, 0.3) is 0 Å². The van der Waals surface area contributed by atoms with E-state index in [0.29, 0.717) is 0 Å². The van der Waals surface area contributed by atoms with Gasteiger partial charge in [0.05, 0.1) is 11.8 Å². The Balaban J connectivity index is 2.20. The molecule has 1 heterocycles. The maximum Gasteiger partial charge on any atom is 0.0827 e. The molecule has 0 saturated carbocycles. The molecule has 0 spiro atoms. The van der Waals surface area contributed by atoms with Gasteiger partial charge < -0.3 is 5.11 Å². The van der Waals surface area contributed by atoms with Gasteiger partial charge in [-0.05, 0) is 25.7 Å². The summed E-state index contributed by atoms with van der Waals surface area (Å²) in [5, 5.41) is 17.1. The molecule has 0 aliphatic rings. The summed E-state index contributed by atoms with van der Waals surface area (Å²) in [7, 11) is 1.86. The number of rotatable bonds is 5. The fraction of sp³-hybridized carbons (Fsp3) is 0.778. The van der Waals surface area contributed by atoms with Crippen LogP contribution in [0.5, 0.6) is 0 Å². The molecule has 1 atom stereocenters. The van der Waals surface area contributed by atoms with E-state index < -0.39 is 0 Å². The Labute approximate surface area is 78.6 Å². The van der Waals surface area contributed by atoms with Crippen LogP contribution in [0.3, 0.4) is 0 Å². The van der Waals surface area contributed by atoms with E-state index in [0.717, 1.165) is 31.4 Å². The first kappa shape index (κ1) is 10.2. The van der Waals surface area contributed by atoms with Crippen molar-refractivity contribution in [3.8, 4) is 0 Å². The Kier molecular flexibility index (Phi) is 3.89. The monoisotopic (exact) mass is 183 g/mol. The quantitative estimate of drug-likeness (QED) is 0.738. The molecule has 1 rings (SSSR count). The van der Waals surface area contributed by atoms with Crippen molar-refractivity contribution in [2.24, 2.45) is 7.05 Å². The fourth-order valence-corrected chi connectivity index (χ4v) is 1.23. The second-order valence-corrected chi connectivity index (χ2v) is 3.34. The van der Waals surface area contributed by atoms with Crippen LogP contribution >= 0.6 is 0 Å². The third-order valence-electron chi connectivity index (χ3n) is 2.09. The predicted molar refractivity (Wildman–Crippen MR) is 50.2 cm³/mol. The molecule has 1 aromatic rings. The summed E-state index contributed by atoms with van der Waals surface area (Å²) in [6.07, 6.45) is 5.33. The number of aliphatic hydroxyl groups excluding tert-OH is 1. The lowest BCUT2D eigenvalue weighted by atomic mass is 10.1.